The molecule has 4 rings (SSSR count). The number of aliphatic hydroxyl groups excluding tert-OH is 1. The molecule has 0 aliphatic carbocycles. The van der Waals surface area contributed by atoms with Crippen LogP contribution in [0.2, 0.25) is 10.0 Å². The fourth-order valence-electron chi connectivity index (χ4n) is 4.34. The number of para-hydroxylation sites is 1. The number of benzene rings is 2. The number of hydrogen-bond acceptors (Lipinski definition) is 5. The van der Waals surface area contributed by atoms with Crippen molar-refractivity contribution in [3.63, 3.8) is 0 Å². The summed E-state index contributed by atoms with van der Waals surface area (Å²) in [5.74, 6) is -1.80. The summed E-state index contributed by atoms with van der Waals surface area (Å²) in [5.41, 5.74) is 2.40. The fraction of sp³-hybridized carbons (Fsp3) is 0.250. The van der Waals surface area contributed by atoms with Crippen molar-refractivity contribution < 1.29 is 24.2 Å². The molecule has 1 aliphatic rings. The number of ether oxygens (including phenoxy) is 2. The topological polar surface area (TPSA) is 91.9 Å². The zero-order valence-corrected chi connectivity index (χ0v) is 19.8. The maximum Gasteiger partial charge on any atom is 0.295 e. The van der Waals surface area contributed by atoms with Gasteiger partial charge in [0, 0.05) is 40.8 Å². The van der Waals surface area contributed by atoms with Gasteiger partial charge in [0.1, 0.15) is 11.5 Å². The van der Waals surface area contributed by atoms with Crippen LogP contribution in [-0.4, -0.2) is 54.1 Å². The minimum atomic E-state index is -0.848. The van der Waals surface area contributed by atoms with E-state index in [1.807, 2.05) is 31.2 Å². The molecule has 2 aromatic carbocycles. The van der Waals surface area contributed by atoms with Crippen LogP contribution in [0.4, 0.5) is 0 Å². The molecule has 3 aromatic rings. The molecule has 1 saturated heterocycles. The molecule has 33 heavy (non-hydrogen) atoms. The molecule has 1 aliphatic heterocycles. The molecule has 1 aromatic heterocycles. The summed E-state index contributed by atoms with van der Waals surface area (Å²) in [6.07, 6.45) is 0. The van der Waals surface area contributed by atoms with Gasteiger partial charge in [-0.25, -0.2) is 0 Å². The molecule has 1 fully saturated rings. The second kappa shape index (κ2) is 9.09. The lowest BCUT2D eigenvalue weighted by Gasteiger charge is -2.25. The first-order valence-corrected chi connectivity index (χ1v) is 10.9. The van der Waals surface area contributed by atoms with Gasteiger partial charge >= 0.3 is 0 Å². The van der Waals surface area contributed by atoms with Gasteiger partial charge in [-0.3, -0.25) is 9.59 Å². The number of carbonyl (C=O) groups excluding carboxylic acids is 2. The molecule has 7 nitrogen and oxygen atoms in total. The minimum absolute atomic E-state index is 0.0689. The molecular formula is C24H22Cl2N2O5. The highest BCUT2D eigenvalue weighted by Crippen LogP contribution is 2.45. The molecular weight excluding hydrogens is 467 g/mol. The number of ketones is 1. The Balaban J connectivity index is 2.03. The standard InChI is InChI=1S/C24H22Cl2N2O5/c1-12-18(14-6-4-5-7-17(14)27-12)20-19(22(30)24(31)28(20)8-9-32-2)21(29)15-10-13(25)11-16(26)23(15)33-3/h4-7,10-11,20,27,29H,8-9H2,1-3H3/b21-19+. The van der Waals surface area contributed by atoms with Crippen molar-refractivity contribution >= 4 is 51.6 Å². The van der Waals surface area contributed by atoms with Crippen LogP contribution in [0.3, 0.4) is 0 Å². The quantitative estimate of drug-likeness (QED) is 0.293. The van der Waals surface area contributed by atoms with Crippen molar-refractivity contribution in [2.24, 2.45) is 0 Å². The molecule has 0 radical (unpaired) electrons. The minimum Gasteiger partial charge on any atom is -0.507 e. The van der Waals surface area contributed by atoms with E-state index in [0.29, 0.717) is 0 Å². The van der Waals surface area contributed by atoms with Crippen LogP contribution in [0.25, 0.3) is 16.7 Å². The monoisotopic (exact) mass is 488 g/mol. The first-order chi connectivity index (χ1) is 15.8. The SMILES string of the molecule is COCCN1C(=O)C(=O)/C(=C(/O)c2cc(Cl)cc(Cl)c2OC)C1c1c(C)[nH]c2ccccc12. The van der Waals surface area contributed by atoms with Crippen LogP contribution >= 0.6 is 23.2 Å². The third-order valence-corrected chi connectivity index (χ3v) is 6.26. The third kappa shape index (κ3) is 3.86. The maximum atomic E-state index is 13.2. The molecule has 172 valence electrons. The van der Waals surface area contributed by atoms with Gasteiger partial charge in [-0.15, -0.1) is 0 Å². The Morgan fingerprint density at radius 1 is 1.18 bits per heavy atom. The Bertz CT molecular complexity index is 1300. The van der Waals surface area contributed by atoms with E-state index in [1.54, 1.807) is 0 Å². The van der Waals surface area contributed by atoms with E-state index >= 15 is 0 Å². The van der Waals surface area contributed by atoms with Gasteiger partial charge in [0.25, 0.3) is 11.7 Å². The van der Waals surface area contributed by atoms with Crippen molar-refractivity contribution in [3.05, 3.63) is 68.8 Å². The first kappa shape index (κ1) is 23.2. The predicted molar refractivity (Wildman–Crippen MR) is 127 cm³/mol. The molecule has 0 bridgehead atoms. The zero-order valence-electron chi connectivity index (χ0n) is 18.2. The normalized spacial score (nSPS) is 17.8. The molecule has 9 heteroatoms. The van der Waals surface area contributed by atoms with Gasteiger partial charge in [0.15, 0.2) is 0 Å². The third-order valence-electron chi connectivity index (χ3n) is 5.76. The number of halogens is 2. The molecule has 2 N–H and O–H groups in total. The predicted octanol–water partition coefficient (Wildman–Crippen LogP) is 4.86. The second-order valence-corrected chi connectivity index (χ2v) is 8.51. The van der Waals surface area contributed by atoms with Gasteiger partial charge in [-0.05, 0) is 25.1 Å². The van der Waals surface area contributed by atoms with E-state index < -0.39 is 23.5 Å². The summed E-state index contributed by atoms with van der Waals surface area (Å²) in [6.45, 7) is 2.24. The van der Waals surface area contributed by atoms with Crippen molar-refractivity contribution in [2.45, 2.75) is 13.0 Å². The number of nitrogens with zero attached hydrogens (tertiary/aromatic N) is 1. The number of H-pyrrole nitrogens is 1. The van der Waals surface area contributed by atoms with E-state index in [-0.39, 0.29) is 40.1 Å². The van der Waals surface area contributed by atoms with Gasteiger partial charge in [0.05, 0.1) is 35.9 Å². The highest BCUT2D eigenvalue weighted by molar-refractivity contribution is 6.47. The summed E-state index contributed by atoms with van der Waals surface area (Å²) in [7, 11) is 2.91. The summed E-state index contributed by atoms with van der Waals surface area (Å²) in [5, 5.41) is 12.6. The maximum absolute atomic E-state index is 13.2. The van der Waals surface area contributed by atoms with Crippen LogP contribution in [0.15, 0.2) is 42.0 Å². The molecule has 0 spiro atoms. The molecule has 1 atom stereocenters. The highest BCUT2D eigenvalue weighted by Gasteiger charge is 2.47. The number of hydrogen-bond donors (Lipinski definition) is 2. The Kier molecular flexibility index (Phi) is 6.38. The smallest absolute Gasteiger partial charge is 0.295 e. The number of aromatic nitrogens is 1. The number of aliphatic hydroxyl groups is 1. The molecule has 0 saturated carbocycles. The number of Topliss-reactive ketones (excluding diaryl/α,β-unsaturated/α-hetero) is 1. The van der Waals surface area contributed by atoms with Crippen LogP contribution in [0.5, 0.6) is 5.75 Å². The Labute approximate surface area is 200 Å². The number of carbonyl (C=O) groups is 2. The van der Waals surface area contributed by atoms with Gasteiger partial charge in [-0.2, -0.15) is 0 Å². The van der Waals surface area contributed by atoms with E-state index in [4.69, 9.17) is 32.7 Å². The summed E-state index contributed by atoms with van der Waals surface area (Å²) in [4.78, 5) is 31.0. The molecule has 1 unspecified atom stereocenters. The first-order valence-electron chi connectivity index (χ1n) is 10.2. The number of fused-ring (bicyclic) bond motifs is 1. The van der Waals surface area contributed by atoms with E-state index in [1.165, 1.54) is 31.3 Å². The average molecular weight is 489 g/mol. The van der Waals surface area contributed by atoms with Gasteiger partial charge < -0.3 is 24.5 Å². The summed E-state index contributed by atoms with van der Waals surface area (Å²) >= 11 is 12.4. The molecule has 1 amide bonds. The lowest BCUT2D eigenvalue weighted by molar-refractivity contribution is -0.140. The summed E-state index contributed by atoms with van der Waals surface area (Å²) < 4.78 is 10.5. The number of aryl methyl sites for hydroxylation is 1. The fourth-order valence-corrected chi connectivity index (χ4v) is 4.91. The van der Waals surface area contributed by atoms with E-state index in [9.17, 15) is 14.7 Å². The van der Waals surface area contributed by atoms with Crippen molar-refractivity contribution in [2.75, 3.05) is 27.4 Å². The average Bonchev–Trinajstić information content (AvgIpc) is 3.23. The van der Waals surface area contributed by atoms with Crippen molar-refractivity contribution in [3.8, 4) is 5.75 Å². The number of rotatable bonds is 6. The second-order valence-electron chi connectivity index (χ2n) is 7.66. The van der Waals surface area contributed by atoms with E-state index in [2.05, 4.69) is 4.98 Å². The van der Waals surface area contributed by atoms with Crippen molar-refractivity contribution in [1.29, 1.82) is 0 Å². The number of aromatic amines is 1. The molecule has 2 heterocycles. The zero-order chi connectivity index (χ0) is 23.9. The Morgan fingerprint density at radius 3 is 2.61 bits per heavy atom. The van der Waals surface area contributed by atoms with Crippen LogP contribution in [0.1, 0.15) is 22.9 Å². The van der Waals surface area contributed by atoms with Crippen LogP contribution in [0, 0.1) is 6.92 Å². The number of nitrogens with one attached hydrogen (secondary N) is 1. The summed E-state index contributed by atoms with van der Waals surface area (Å²) in [6, 6.07) is 9.65. The Hall–Kier alpha value is -3.00. The Morgan fingerprint density at radius 2 is 1.91 bits per heavy atom. The number of methoxy groups -OCH3 is 2. The lowest BCUT2D eigenvalue weighted by Crippen LogP contribution is -2.32. The number of amides is 1. The largest absolute Gasteiger partial charge is 0.507 e. The highest BCUT2D eigenvalue weighted by atomic mass is 35.5. The van der Waals surface area contributed by atoms with Crippen LogP contribution in [-0.2, 0) is 14.3 Å². The van der Waals surface area contributed by atoms with Crippen LogP contribution < -0.4 is 4.74 Å². The van der Waals surface area contributed by atoms with Crippen molar-refractivity contribution in [1.82, 2.24) is 9.88 Å². The number of likely N-dealkylation sites (tertiary alicyclic amines) is 1. The lowest BCUT2D eigenvalue weighted by atomic mass is 9.93. The van der Waals surface area contributed by atoms with E-state index in [0.717, 1.165) is 22.2 Å². The van der Waals surface area contributed by atoms with Gasteiger partial charge in [0.2, 0.25) is 0 Å². The van der Waals surface area contributed by atoms with Gasteiger partial charge in [-0.1, -0.05) is 41.4 Å².